The third-order valence-electron chi connectivity index (χ3n) is 6.82. The molecule has 3 aliphatic rings. The Morgan fingerprint density at radius 1 is 1.00 bits per heavy atom. The molecule has 2 saturated heterocycles. The van der Waals surface area contributed by atoms with Crippen LogP contribution in [0, 0.1) is 0 Å². The average Bonchev–Trinajstić information content (AvgIpc) is 3.22. The van der Waals surface area contributed by atoms with Crippen LogP contribution in [0.15, 0.2) is 23.1 Å². The summed E-state index contributed by atoms with van der Waals surface area (Å²) in [5, 5.41) is 0. The van der Waals surface area contributed by atoms with Gasteiger partial charge >= 0.3 is 0 Å². The smallest absolute Gasteiger partial charge is 0.243 e. The quantitative estimate of drug-likeness (QED) is 0.735. The molecular formula is C22H33N3O3S. The molecule has 1 aromatic rings. The molecule has 0 unspecified atom stereocenters. The number of fused-ring (bicyclic) bond motifs is 1. The van der Waals surface area contributed by atoms with Crippen molar-refractivity contribution in [2.45, 2.75) is 62.8 Å². The molecule has 1 aromatic carbocycles. The van der Waals surface area contributed by atoms with E-state index in [1.165, 1.54) is 17.5 Å². The van der Waals surface area contributed by atoms with E-state index >= 15 is 0 Å². The van der Waals surface area contributed by atoms with Crippen LogP contribution in [0.5, 0.6) is 0 Å². The zero-order chi connectivity index (χ0) is 20.4. The Morgan fingerprint density at radius 2 is 1.76 bits per heavy atom. The van der Waals surface area contributed by atoms with Crippen LogP contribution in [-0.2, 0) is 27.7 Å². The van der Waals surface area contributed by atoms with E-state index in [2.05, 4.69) is 16.7 Å². The van der Waals surface area contributed by atoms with Gasteiger partial charge in [0.1, 0.15) is 0 Å². The summed E-state index contributed by atoms with van der Waals surface area (Å²) in [4.78, 5) is 17.4. The van der Waals surface area contributed by atoms with Gasteiger partial charge in [-0.25, -0.2) is 8.42 Å². The first-order chi connectivity index (χ1) is 14.0. The van der Waals surface area contributed by atoms with E-state index in [1.54, 1.807) is 10.4 Å². The van der Waals surface area contributed by atoms with E-state index in [1.807, 2.05) is 12.1 Å². The van der Waals surface area contributed by atoms with Crippen molar-refractivity contribution in [2.24, 2.45) is 0 Å². The molecule has 0 N–H and O–H groups in total. The number of amides is 1. The van der Waals surface area contributed by atoms with Crippen LogP contribution in [0.4, 0.5) is 0 Å². The van der Waals surface area contributed by atoms with Gasteiger partial charge in [-0.3, -0.25) is 9.69 Å². The van der Waals surface area contributed by atoms with Gasteiger partial charge in [-0.15, -0.1) is 0 Å². The highest BCUT2D eigenvalue weighted by Crippen LogP contribution is 2.27. The van der Waals surface area contributed by atoms with Gasteiger partial charge in [0.25, 0.3) is 0 Å². The van der Waals surface area contributed by atoms with Gasteiger partial charge in [-0.05, 0) is 68.2 Å². The largest absolute Gasteiger partial charge is 0.339 e. The van der Waals surface area contributed by atoms with Crippen LogP contribution >= 0.6 is 0 Å². The van der Waals surface area contributed by atoms with Crippen LogP contribution in [0.1, 0.15) is 50.2 Å². The molecule has 7 heteroatoms. The summed E-state index contributed by atoms with van der Waals surface area (Å²) in [6.45, 7) is 5.54. The van der Waals surface area contributed by atoms with E-state index in [0.29, 0.717) is 43.7 Å². The minimum Gasteiger partial charge on any atom is -0.339 e. The zero-order valence-electron chi connectivity index (χ0n) is 17.5. The van der Waals surface area contributed by atoms with Gasteiger partial charge < -0.3 is 4.90 Å². The number of piperidine rings is 1. The Balaban J connectivity index is 1.34. The van der Waals surface area contributed by atoms with Gasteiger partial charge in [0.2, 0.25) is 15.9 Å². The van der Waals surface area contributed by atoms with Gasteiger partial charge in [0.15, 0.2) is 0 Å². The molecule has 0 aromatic heterocycles. The summed E-state index contributed by atoms with van der Waals surface area (Å²) in [5.74, 6) is 0.200. The fraction of sp³-hybridized carbons (Fsp3) is 0.682. The number of piperazine rings is 1. The predicted octanol–water partition coefficient (Wildman–Crippen LogP) is 2.27. The molecule has 1 aliphatic carbocycles. The molecule has 2 heterocycles. The lowest BCUT2D eigenvalue weighted by Crippen LogP contribution is -2.53. The van der Waals surface area contributed by atoms with Crippen LogP contribution in [-0.4, -0.2) is 73.7 Å². The van der Waals surface area contributed by atoms with E-state index in [-0.39, 0.29) is 5.91 Å². The third-order valence-corrected chi connectivity index (χ3v) is 8.71. The second kappa shape index (κ2) is 8.74. The minimum atomic E-state index is -3.46. The maximum Gasteiger partial charge on any atom is 0.243 e. The van der Waals surface area contributed by atoms with Gasteiger partial charge in [0.05, 0.1) is 11.4 Å². The summed E-state index contributed by atoms with van der Waals surface area (Å²) < 4.78 is 27.7. The van der Waals surface area contributed by atoms with Crippen molar-refractivity contribution in [2.75, 3.05) is 39.3 Å². The fourth-order valence-corrected chi connectivity index (χ4v) is 6.49. The maximum absolute atomic E-state index is 13.1. The molecule has 0 spiro atoms. The molecule has 4 rings (SSSR count). The van der Waals surface area contributed by atoms with Crippen molar-refractivity contribution < 1.29 is 13.2 Å². The number of aryl methyl sites for hydroxylation is 2. The second-order valence-corrected chi connectivity index (χ2v) is 10.5. The van der Waals surface area contributed by atoms with E-state index in [4.69, 9.17) is 0 Å². The SMILES string of the molecule is CC[C@H]1CCCCN1C(=O)CN1CCN(S(=O)(=O)c2ccc3c(c2)CCC3)CC1. The predicted molar refractivity (Wildman–Crippen MR) is 113 cm³/mol. The van der Waals surface area contributed by atoms with Crippen molar-refractivity contribution in [3.8, 4) is 0 Å². The van der Waals surface area contributed by atoms with Crippen molar-refractivity contribution >= 4 is 15.9 Å². The lowest BCUT2D eigenvalue weighted by atomic mass is 10.00. The summed E-state index contributed by atoms with van der Waals surface area (Å²) >= 11 is 0. The number of hydrogen-bond acceptors (Lipinski definition) is 4. The molecule has 1 amide bonds. The van der Waals surface area contributed by atoms with Crippen molar-refractivity contribution in [3.05, 3.63) is 29.3 Å². The summed E-state index contributed by atoms with van der Waals surface area (Å²) in [5.41, 5.74) is 2.47. The van der Waals surface area contributed by atoms with Crippen LogP contribution < -0.4 is 0 Å². The first-order valence-electron chi connectivity index (χ1n) is 11.1. The number of hydrogen-bond donors (Lipinski definition) is 0. The molecule has 2 aliphatic heterocycles. The summed E-state index contributed by atoms with van der Waals surface area (Å²) in [6, 6.07) is 5.98. The number of carbonyl (C=O) groups is 1. The molecule has 0 bridgehead atoms. The average molecular weight is 420 g/mol. The number of carbonyl (C=O) groups excluding carboxylic acids is 1. The van der Waals surface area contributed by atoms with Crippen LogP contribution in [0.3, 0.4) is 0 Å². The molecule has 0 radical (unpaired) electrons. The molecular weight excluding hydrogens is 386 g/mol. The summed E-state index contributed by atoms with van der Waals surface area (Å²) in [7, 11) is -3.46. The zero-order valence-corrected chi connectivity index (χ0v) is 18.3. The number of rotatable bonds is 5. The monoisotopic (exact) mass is 419 g/mol. The Morgan fingerprint density at radius 3 is 2.52 bits per heavy atom. The normalized spacial score (nSPS) is 23.9. The van der Waals surface area contributed by atoms with E-state index in [0.717, 1.165) is 45.1 Å². The first kappa shape index (κ1) is 20.8. The number of benzene rings is 1. The molecule has 29 heavy (non-hydrogen) atoms. The van der Waals surface area contributed by atoms with Gasteiger partial charge in [0, 0.05) is 38.8 Å². The molecule has 2 fully saturated rings. The highest BCUT2D eigenvalue weighted by molar-refractivity contribution is 7.89. The Labute approximate surface area is 174 Å². The number of sulfonamides is 1. The molecule has 160 valence electrons. The minimum absolute atomic E-state index is 0.200. The molecule has 0 saturated carbocycles. The highest BCUT2D eigenvalue weighted by atomic mass is 32.2. The highest BCUT2D eigenvalue weighted by Gasteiger charge is 2.31. The second-order valence-electron chi connectivity index (χ2n) is 8.61. The lowest BCUT2D eigenvalue weighted by molar-refractivity contribution is -0.136. The van der Waals surface area contributed by atoms with Crippen molar-refractivity contribution in [1.29, 1.82) is 0 Å². The van der Waals surface area contributed by atoms with E-state index < -0.39 is 10.0 Å². The van der Waals surface area contributed by atoms with Crippen LogP contribution in [0.2, 0.25) is 0 Å². The molecule has 1 atom stereocenters. The lowest BCUT2D eigenvalue weighted by Gasteiger charge is -2.38. The Kier molecular flexibility index (Phi) is 6.27. The maximum atomic E-state index is 13.1. The van der Waals surface area contributed by atoms with Crippen molar-refractivity contribution in [1.82, 2.24) is 14.1 Å². The summed E-state index contributed by atoms with van der Waals surface area (Å²) in [6.07, 6.45) is 7.56. The third kappa shape index (κ3) is 4.37. The Bertz CT molecular complexity index is 847. The standard InChI is InChI=1S/C22H33N3O3S/c1-2-20-8-3-4-11-25(20)22(26)17-23-12-14-24(15-13-23)29(27,28)21-10-9-18-6-5-7-19(18)16-21/h9-10,16,20H,2-8,11-15,17H2,1H3/t20-/m0/s1. The first-order valence-corrected chi connectivity index (χ1v) is 12.6. The van der Waals surface area contributed by atoms with Crippen LogP contribution in [0.25, 0.3) is 0 Å². The number of nitrogens with zero attached hydrogens (tertiary/aromatic N) is 3. The molecule has 6 nitrogen and oxygen atoms in total. The van der Waals surface area contributed by atoms with Gasteiger partial charge in [-0.2, -0.15) is 4.31 Å². The van der Waals surface area contributed by atoms with E-state index in [9.17, 15) is 13.2 Å². The van der Waals surface area contributed by atoms with Crippen molar-refractivity contribution in [3.63, 3.8) is 0 Å². The van der Waals surface area contributed by atoms with Gasteiger partial charge in [-0.1, -0.05) is 13.0 Å². The topological polar surface area (TPSA) is 60.9 Å². The number of likely N-dealkylation sites (tertiary alicyclic amines) is 1. The Hall–Kier alpha value is -1.44. The fourth-order valence-electron chi connectivity index (χ4n) is 5.02.